The Labute approximate surface area is 170 Å². The van der Waals surface area contributed by atoms with Crippen LogP contribution in [0.1, 0.15) is 41.3 Å². The van der Waals surface area contributed by atoms with Crippen LogP contribution in [-0.2, 0) is 19.5 Å². The van der Waals surface area contributed by atoms with Gasteiger partial charge in [0.1, 0.15) is 0 Å². The van der Waals surface area contributed by atoms with Gasteiger partial charge >= 0.3 is 0 Å². The summed E-state index contributed by atoms with van der Waals surface area (Å²) >= 11 is 0. The van der Waals surface area contributed by atoms with Crippen LogP contribution in [-0.4, -0.2) is 39.1 Å². The summed E-state index contributed by atoms with van der Waals surface area (Å²) in [5, 5.41) is 6.77. The average molecular weight is 400 g/mol. The molecule has 1 atom stereocenters. The van der Waals surface area contributed by atoms with E-state index in [0.717, 1.165) is 61.6 Å². The molecule has 1 aromatic carbocycles. The van der Waals surface area contributed by atoms with Crippen LogP contribution in [0.5, 0.6) is 0 Å². The van der Waals surface area contributed by atoms with E-state index in [-0.39, 0.29) is 18.0 Å². The van der Waals surface area contributed by atoms with Crippen LogP contribution in [0.25, 0.3) is 5.65 Å². The van der Waals surface area contributed by atoms with Crippen molar-refractivity contribution in [1.82, 2.24) is 24.8 Å². The summed E-state index contributed by atoms with van der Waals surface area (Å²) in [5.74, 6) is 0.437. The molecular formula is C21H26ClN5O. The van der Waals surface area contributed by atoms with Gasteiger partial charge in [-0.1, -0.05) is 30.3 Å². The number of rotatable bonds is 3. The third kappa shape index (κ3) is 3.60. The van der Waals surface area contributed by atoms with Crippen LogP contribution < -0.4 is 10.9 Å². The molecule has 1 fully saturated rings. The van der Waals surface area contributed by atoms with Crippen molar-refractivity contribution in [2.24, 2.45) is 0 Å². The molecule has 2 N–H and O–H groups in total. The van der Waals surface area contributed by atoms with Gasteiger partial charge in [-0.2, -0.15) is 0 Å². The smallest absolute Gasteiger partial charge is 0.277 e. The first kappa shape index (κ1) is 19.2. The molecule has 2 aliphatic heterocycles. The maximum atomic E-state index is 13.1. The Morgan fingerprint density at radius 2 is 2.07 bits per heavy atom. The van der Waals surface area contributed by atoms with Gasteiger partial charge < -0.3 is 5.32 Å². The maximum Gasteiger partial charge on any atom is 0.277 e. The molecule has 1 unspecified atom stereocenters. The lowest BCUT2D eigenvalue weighted by atomic mass is 9.96. The quantitative estimate of drug-likeness (QED) is 0.710. The van der Waals surface area contributed by atoms with Crippen molar-refractivity contribution in [3.05, 3.63) is 69.3 Å². The van der Waals surface area contributed by atoms with Crippen LogP contribution >= 0.6 is 12.4 Å². The van der Waals surface area contributed by atoms with Gasteiger partial charge in [-0.15, -0.1) is 12.4 Å². The molecule has 0 radical (unpaired) electrons. The summed E-state index contributed by atoms with van der Waals surface area (Å²) in [7, 11) is 0. The summed E-state index contributed by atoms with van der Waals surface area (Å²) in [6.45, 7) is 4.52. The lowest BCUT2D eigenvalue weighted by molar-refractivity contribution is 0.241. The fourth-order valence-electron chi connectivity index (χ4n) is 4.36. The first-order valence-electron chi connectivity index (χ1n) is 9.88. The number of aromatic nitrogens is 3. The number of hydrogen-bond acceptors (Lipinski definition) is 4. The van der Waals surface area contributed by atoms with Crippen LogP contribution in [0.3, 0.4) is 0 Å². The SMILES string of the molecule is Cl.O=c1c2c(nc3cc(C4CCCNC4)[nH]n13)CCN(Cc1ccccc1)C2. The molecule has 5 rings (SSSR count). The lowest BCUT2D eigenvalue weighted by Crippen LogP contribution is -2.36. The highest BCUT2D eigenvalue weighted by Crippen LogP contribution is 2.23. The molecule has 0 amide bonds. The maximum absolute atomic E-state index is 13.1. The van der Waals surface area contributed by atoms with Crippen molar-refractivity contribution in [3.8, 4) is 0 Å². The van der Waals surface area contributed by atoms with E-state index >= 15 is 0 Å². The second kappa shape index (κ2) is 8.07. The van der Waals surface area contributed by atoms with E-state index in [9.17, 15) is 4.79 Å². The Balaban J connectivity index is 0.00000192. The van der Waals surface area contributed by atoms with Gasteiger partial charge in [0.15, 0.2) is 5.65 Å². The second-order valence-corrected chi connectivity index (χ2v) is 7.74. The molecule has 0 spiro atoms. The van der Waals surface area contributed by atoms with E-state index in [4.69, 9.17) is 4.98 Å². The molecule has 0 aliphatic carbocycles. The van der Waals surface area contributed by atoms with Gasteiger partial charge in [0, 0.05) is 50.3 Å². The summed E-state index contributed by atoms with van der Waals surface area (Å²) < 4.78 is 1.65. The fourth-order valence-corrected chi connectivity index (χ4v) is 4.36. The highest BCUT2D eigenvalue weighted by atomic mass is 35.5. The van der Waals surface area contributed by atoms with E-state index in [1.54, 1.807) is 4.52 Å². The van der Waals surface area contributed by atoms with Crippen molar-refractivity contribution in [2.45, 2.75) is 38.3 Å². The number of benzene rings is 1. The first-order chi connectivity index (χ1) is 13.3. The highest BCUT2D eigenvalue weighted by Gasteiger charge is 2.24. The Morgan fingerprint density at radius 1 is 1.21 bits per heavy atom. The number of piperidine rings is 1. The first-order valence-corrected chi connectivity index (χ1v) is 9.88. The highest BCUT2D eigenvalue weighted by molar-refractivity contribution is 5.85. The Bertz CT molecular complexity index is 1010. The summed E-state index contributed by atoms with van der Waals surface area (Å²) in [5.41, 5.74) is 5.03. The normalized spacial score (nSPS) is 19.9. The molecule has 0 bridgehead atoms. The second-order valence-electron chi connectivity index (χ2n) is 7.74. The molecule has 7 heteroatoms. The third-order valence-electron chi connectivity index (χ3n) is 5.85. The minimum Gasteiger partial charge on any atom is -0.316 e. The molecule has 4 heterocycles. The zero-order valence-electron chi connectivity index (χ0n) is 15.9. The predicted molar refractivity (Wildman–Crippen MR) is 112 cm³/mol. The minimum absolute atomic E-state index is 0. The van der Waals surface area contributed by atoms with Gasteiger partial charge in [-0.25, -0.2) is 9.50 Å². The van der Waals surface area contributed by atoms with Gasteiger partial charge in [-0.3, -0.25) is 14.8 Å². The third-order valence-corrected chi connectivity index (χ3v) is 5.85. The Hall–Kier alpha value is -2.15. The Morgan fingerprint density at radius 3 is 2.86 bits per heavy atom. The molecule has 0 saturated carbocycles. The van der Waals surface area contributed by atoms with Gasteiger partial charge in [-0.05, 0) is 24.9 Å². The zero-order chi connectivity index (χ0) is 18.2. The fraction of sp³-hybridized carbons (Fsp3) is 0.429. The number of fused-ring (bicyclic) bond motifs is 2. The van der Waals surface area contributed by atoms with Gasteiger partial charge in [0.05, 0.1) is 11.3 Å². The largest absolute Gasteiger partial charge is 0.316 e. The Kier molecular flexibility index (Phi) is 5.53. The molecule has 6 nitrogen and oxygen atoms in total. The molecule has 28 heavy (non-hydrogen) atoms. The minimum atomic E-state index is 0. The van der Waals surface area contributed by atoms with E-state index in [1.807, 2.05) is 6.07 Å². The van der Waals surface area contributed by atoms with Gasteiger partial charge in [0.2, 0.25) is 0 Å². The number of halogens is 1. The molecular weight excluding hydrogens is 374 g/mol. The zero-order valence-corrected chi connectivity index (χ0v) is 16.7. The molecule has 2 aliphatic rings. The van der Waals surface area contributed by atoms with E-state index in [0.29, 0.717) is 12.5 Å². The van der Waals surface area contributed by atoms with E-state index in [1.165, 1.54) is 12.0 Å². The van der Waals surface area contributed by atoms with E-state index < -0.39 is 0 Å². The van der Waals surface area contributed by atoms with Crippen LogP contribution in [0.4, 0.5) is 0 Å². The van der Waals surface area contributed by atoms with Crippen LogP contribution in [0.15, 0.2) is 41.2 Å². The number of hydrogen-bond donors (Lipinski definition) is 2. The summed E-state index contributed by atoms with van der Waals surface area (Å²) in [6, 6.07) is 12.5. The predicted octanol–water partition coefficient (Wildman–Crippen LogP) is 2.47. The van der Waals surface area contributed by atoms with Crippen molar-refractivity contribution < 1.29 is 0 Å². The number of nitrogens with zero attached hydrogens (tertiary/aromatic N) is 3. The van der Waals surface area contributed by atoms with E-state index in [2.05, 4.69) is 45.6 Å². The average Bonchev–Trinajstić information content (AvgIpc) is 3.15. The standard InChI is InChI=1S/C21H25N5O.ClH/c27-21-17-14-25(13-15-5-2-1-3-6-15)10-8-18(17)23-20-11-19(24-26(20)21)16-7-4-9-22-12-16;/h1-3,5-6,11,16,22,24H,4,7-10,12-14H2;1H. The topological polar surface area (TPSA) is 65.4 Å². The van der Waals surface area contributed by atoms with Crippen molar-refractivity contribution in [3.63, 3.8) is 0 Å². The molecule has 1 saturated heterocycles. The summed E-state index contributed by atoms with van der Waals surface area (Å²) in [4.78, 5) is 20.3. The molecule has 3 aromatic rings. The lowest BCUT2D eigenvalue weighted by Gasteiger charge is -2.27. The van der Waals surface area contributed by atoms with Crippen molar-refractivity contribution >= 4 is 18.1 Å². The number of nitrogens with one attached hydrogen (secondary N) is 2. The number of aromatic amines is 1. The molecule has 148 valence electrons. The van der Waals surface area contributed by atoms with Crippen molar-refractivity contribution in [2.75, 3.05) is 19.6 Å². The molecule has 2 aromatic heterocycles. The van der Waals surface area contributed by atoms with Gasteiger partial charge in [0.25, 0.3) is 5.56 Å². The van der Waals surface area contributed by atoms with Crippen LogP contribution in [0, 0.1) is 0 Å². The van der Waals surface area contributed by atoms with Crippen LogP contribution in [0.2, 0.25) is 0 Å². The number of H-pyrrole nitrogens is 1. The van der Waals surface area contributed by atoms with Crippen molar-refractivity contribution in [1.29, 1.82) is 0 Å². The monoisotopic (exact) mass is 399 g/mol. The summed E-state index contributed by atoms with van der Waals surface area (Å²) in [6.07, 6.45) is 3.16.